The Morgan fingerprint density at radius 2 is 2.14 bits per heavy atom. The minimum absolute atomic E-state index is 0.0688. The third kappa shape index (κ3) is 3.05. The van der Waals surface area contributed by atoms with Gasteiger partial charge in [-0.3, -0.25) is 4.79 Å². The van der Waals surface area contributed by atoms with E-state index < -0.39 is 0 Å². The molecule has 5 heteroatoms. The van der Waals surface area contributed by atoms with E-state index in [1.54, 1.807) is 18.2 Å². The highest BCUT2D eigenvalue weighted by Crippen LogP contribution is 2.31. The maximum absolute atomic E-state index is 12.7. The maximum Gasteiger partial charge on any atom is 0.256 e. The number of nitrogens with two attached hydrogens (primary N) is 1. The van der Waals surface area contributed by atoms with E-state index in [9.17, 15) is 4.79 Å². The molecule has 1 fully saturated rings. The lowest BCUT2D eigenvalue weighted by Crippen LogP contribution is -2.33. The molecule has 110 valence electrons. The Labute approximate surface area is 128 Å². The van der Waals surface area contributed by atoms with Gasteiger partial charge in [-0.1, -0.05) is 11.6 Å². The molecule has 21 heavy (non-hydrogen) atoms. The monoisotopic (exact) mass is 304 g/mol. The molecule has 1 saturated carbocycles. The van der Waals surface area contributed by atoms with Crippen molar-refractivity contribution in [2.45, 2.75) is 32.4 Å². The summed E-state index contributed by atoms with van der Waals surface area (Å²) in [5.74, 6) is 1.57. The lowest BCUT2D eigenvalue weighted by atomic mass is 10.1. The van der Waals surface area contributed by atoms with Gasteiger partial charge in [0.2, 0.25) is 0 Å². The van der Waals surface area contributed by atoms with Crippen LogP contribution in [0.25, 0.3) is 0 Å². The summed E-state index contributed by atoms with van der Waals surface area (Å²) >= 11 is 5.89. The van der Waals surface area contributed by atoms with Gasteiger partial charge in [-0.2, -0.15) is 0 Å². The first-order chi connectivity index (χ1) is 10.0. The van der Waals surface area contributed by atoms with Crippen LogP contribution in [0.4, 0.5) is 5.69 Å². The minimum atomic E-state index is -0.0688. The van der Waals surface area contributed by atoms with E-state index in [2.05, 4.69) is 0 Å². The first-order valence-corrected chi connectivity index (χ1v) is 7.33. The van der Waals surface area contributed by atoms with Gasteiger partial charge in [0.05, 0.1) is 12.1 Å². The van der Waals surface area contributed by atoms with Crippen LogP contribution in [0.15, 0.2) is 34.7 Å². The van der Waals surface area contributed by atoms with E-state index in [-0.39, 0.29) is 11.9 Å². The van der Waals surface area contributed by atoms with Crippen molar-refractivity contribution < 1.29 is 9.21 Å². The van der Waals surface area contributed by atoms with Gasteiger partial charge in [0.1, 0.15) is 11.5 Å². The maximum atomic E-state index is 12.7. The van der Waals surface area contributed by atoms with Crippen LogP contribution in [0.1, 0.15) is 34.7 Å². The summed E-state index contributed by atoms with van der Waals surface area (Å²) in [6, 6.07) is 9.07. The molecule has 0 unspecified atom stereocenters. The fourth-order valence-electron chi connectivity index (χ4n) is 2.37. The van der Waals surface area contributed by atoms with Crippen LogP contribution in [0.5, 0.6) is 0 Å². The third-order valence-corrected chi connectivity index (χ3v) is 3.85. The molecule has 1 aliphatic rings. The molecule has 3 rings (SSSR count). The average molecular weight is 305 g/mol. The van der Waals surface area contributed by atoms with Crippen molar-refractivity contribution in [2.24, 2.45) is 0 Å². The number of amides is 1. The SMILES string of the molecule is Cc1ccc(CN(C(=O)c2ccc(Cl)cc2N)C2CC2)o1. The Kier molecular flexibility index (Phi) is 3.64. The summed E-state index contributed by atoms with van der Waals surface area (Å²) in [6.45, 7) is 2.36. The second kappa shape index (κ2) is 5.45. The lowest BCUT2D eigenvalue weighted by Gasteiger charge is -2.22. The van der Waals surface area contributed by atoms with Crippen LogP contribution in [0.2, 0.25) is 5.02 Å². The molecule has 1 heterocycles. The molecule has 4 nitrogen and oxygen atoms in total. The van der Waals surface area contributed by atoms with Crippen molar-refractivity contribution in [1.29, 1.82) is 0 Å². The zero-order valence-electron chi connectivity index (χ0n) is 11.8. The third-order valence-electron chi connectivity index (χ3n) is 3.61. The van der Waals surface area contributed by atoms with Crippen LogP contribution in [0, 0.1) is 6.92 Å². The second-order valence-electron chi connectivity index (χ2n) is 5.41. The number of aryl methyl sites for hydroxylation is 1. The Bertz CT molecular complexity index is 677. The molecule has 1 aromatic heterocycles. The second-order valence-corrected chi connectivity index (χ2v) is 5.84. The highest BCUT2D eigenvalue weighted by Gasteiger charge is 2.34. The Balaban J connectivity index is 1.85. The minimum Gasteiger partial charge on any atom is -0.464 e. The summed E-state index contributed by atoms with van der Waals surface area (Å²) in [5.41, 5.74) is 6.83. The van der Waals surface area contributed by atoms with E-state index >= 15 is 0 Å². The molecular weight excluding hydrogens is 288 g/mol. The molecule has 0 bridgehead atoms. The number of nitrogen functional groups attached to an aromatic ring is 1. The van der Waals surface area contributed by atoms with Gasteiger partial charge in [-0.25, -0.2) is 0 Å². The van der Waals surface area contributed by atoms with Crippen molar-refractivity contribution in [3.05, 3.63) is 52.4 Å². The Morgan fingerprint density at radius 1 is 1.38 bits per heavy atom. The molecule has 0 radical (unpaired) electrons. The molecule has 2 aromatic rings. The molecule has 2 N–H and O–H groups in total. The molecule has 1 aromatic carbocycles. The number of hydrogen-bond donors (Lipinski definition) is 1. The van der Waals surface area contributed by atoms with Crippen LogP contribution >= 0.6 is 11.6 Å². The summed E-state index contributed by atoms with van der Waals surface area (Å²) in [4.78, 5) is 14.6. The van der Waals surface area contributed by atoms with Crippen LogP contribution in [0.3, 0.4) is 0 Å². The zero-order chi connectivity index (χ0) is 15.0. The summed E-state index contributed by atoms with van der Waals surface area (Å²) in [7, 11) is 0. The van der Waals surface area contributed by atoms with Crippen LogP contribution in [-0.2, 0) is 6.54 Å². The Hall–Kier alpha value is -1.94. The smallest absolute Gasteiger partial charge is 0.256 e. The van der Waals surface area contributed by atoms with Gasteiger partial charge in [0, 0.05) is 16.8 Å². The summed E-state index contributed by atoms with van der Waals surface area (Å²) in [6.07, 6.45) is 2.05. The van der Waals surface area contributed by atoms with Gasteiger partial charge in [-0.15, -0.1) is 0 Å². The van der Waals surface area contributed by atoms with E-state index in [0.717, 1.165) is 24.4 Å². The fourth-order valence-corrected chi connectivity index (χ4v) is 2.55. The standard InChI is InChI=1S/C16H17ClN2O2/c1-10-2-6-13(21-10)9-19(12-4-5-12)16(20)14-7-3-11(17)8-15(14)18/h2-3,6-8,12H,4-5,9,18H2,1H3. The van der Waals surface area contributed by atoms with E-state index in [1.165, 1.54) is 0 Å². The fraction of sp³-hybridized carbons (Fsp3) is 0.312. The van der Waals surface area contributed by atoms with Crippen molar-refractivity contribution in [1.82, 2.24) is 4.90 Å². The number of anilines is 1. The number of halogens is 1. The van der Waals surface area contributed by atoms with Crippen LogP contribution < -0.4 is 5.73 Å². The summed E-state index contributed by atoms with van der Waals surface area (Å²) < 4.78 is 5.58. The van der Waals surface area contributed by atoms with Gasteiger partial charge in [0.25, 0.3) is 5.91 Å². The lowest BCUT2D eigenvalue weighted by molar-refractivity contribution is 0.0718. The number of nitrogens with zero attached hydrogens (tertiary/aromatic N) is 1. The highest BCUT2D eigenvalue weighted by molar-refractivity contribution is 6.31. The van der Waals surface area contributed by atoms with Gasteiger partial charge >= 0.3 is 0 Å². The predicted octanol–water partition coefficient (Wildman–Crippen LogP) is 3.63. The van der Waals surface area contributed by atoms with Gasteiger partial charge < -0.3 is 15.1 Å². The Morgan fingerprint density at radius 3 is 2.71 bits per heavy atom. The van der Waals surface area contributed by atoms with Crippen molar-refractivity contribution in [3.63, 3.8) is 0 Å². The number of hydrogen-bond acceptors (Lipinski definition) is 3. The largest absolute Gasteiger partial charge is 0.464 e. The first-order valence-electron chi connectivity index (χ1n) is 6.96. The number of benzene rings is 1. The number of rotatable bonds is 4. The molecular formula is C16H17ClN2O2. The van der Waals surface area contributed by atoms with Crippen molar-refractivity contribution in [2.75, 3.05) is 5.73 Å². The van der Waals surface area contributed by atoms with E-state index in [0.29, 0.717) is 22.8 Å². The molecule has 0 spiro atoms. The molecule has 0 atom stereocenters. The predicted molar refractivity (Wildman–Crippen MR) is 82.2 cm³/mol. The molecule has 1 aliphatic carbocycles. The topological polar surface area (TPSA) is 59.5 Å². The van der Waals surface area contributed by atoms with Crippen molar-refractivity contribution >= 4 is 23.2 Å². The number of carbonyl (C=O) groups excluding carboxylic acids is 1. The first kappa shape index (κ1) is 14.0. The van der Waals surface area contributed by atoms with Gasteiger partial charge in [0.15, 0.2) is 0 Å². The normalized spacial score (nSPS) is 14.2. The highest BCUT2D eigenvalue weighted by atomic mass is 35.5. The number of furan rings is 1. The van der Waals surface area contributed by atoms with Crippen molar-refractivity contribution in [3.8, 4) is 0 Å². The van der Waals surface area contributed by atoms with Crippen LogP contribution in [-0.4, -0.2) is 16.8 Å². The number of carbonyl (C=O) groups is 1. The quantitative estimate of drug-likeness (QED) is 0.877. The molecule has 0 aliphatic heterocycles. The summed E-state index contributed by atoms with van der Waals surface area (Å²) in [5, 5.41) is 0.531. The zero-order valence-corrected chi connectivity index (χ0v) is 12.6. The molecule has 0 saturated heterocycles. The van der Waals surface area contributed by atoms with Gasteiger partial charge in [-0.05, 0) is 50.1 Å². The average Bonchev–Trinajstić information content (AvgIpc) is 3.19. The van der Waals surface area contributed by atoms with E-state index in [4.69, 9.17) is 21.8 Å². The molecule has 1 amide bonds. The van der Waals surface area contributed by atoms with E-state index in [1.807, 2.05) is 24.0 Å².